The zero-order valence-electron chi connectivity index (χ0n) is 12.3. The molecule has 0 radical (unpaired) electrons. The van der Waals surface area contributed by atoms with Gasteiger partial charge in [-0.25, -0.2) is 14.4 Å². The second-order valence-electron chi connectivity index (χ2n) is 5.42. The van der Waals surface area contributed by atoms with Gasteiger partial charge in [0.25, 0.3) is 0 Å². The molecule has 1 aliphatic carbocycles. The lowest BCUT2D eigenvalue weighted by atomic mass is 9.96. The average Bonchev–Trinajstić information content (AvgIpc) is 2.50. The smallest absolute Gasteiger partial charge is 0.135 e. The first-order chi connectivity index (χ1) is 10.3. The van der Waals surface area contributed by atoms with Crippen molar-refractivity contribution in [2.24, 2.45) is 0 Å². The highest BCUT2D eigenvalue weighted by Crippen LogP contribution is 2.26. The van der Waals surface area contributed by atoms with Crippen LogP contribution in [0.5, 0.6) is 0 Å². The van der Waals surface area contributed by atoms with E-state index in [0.717, 1.165) is 30.9 Å². The molecule has 1 N–H and O–H groups in total. The lowest BCUT2D eigenvalue weighted by Gasteiger charge is -2.19. The van der Waals surface area contributed by atoms with Crippen molar-refractivity contribution in [1.29, 1.82) is 0 Å². The zero-order valence-corrected chi connectivity index (χ0v) is 12.3. The summed E-state index contributed by atoms with van der Waals surface area (Å²) >= 11 is 0. The summed E-state index contributed by atoms with van der Waals surface area (Å²) in [6.07, 6.45) is 4.85. The minimum absolute atomic E-state index is 0.191. The Morgan fingerprint density at radius 3 is 2.76 bits per heavy atom. The van der Waals surface area contributed by atoms with Crippen molar-refractivity contribution in [2.45, 2.75) is 39.0 Å². The van der Waals surface area contributed by atoms with Gasteiger partial charge in [0, 0.05) is 24.2 Å². The summed E-state index contributed by atoms with van der Waals surface area (Å²) in [4.78, 5) is 9.30. The summed E-state index contributed by atoms with van der Waals surface area (Å²) in [5.74, 6) is 1.45. The zero-order chi connectivity index (χ0) is 14.7. The third-order valence-corrected chi connectivity index (χ3v) is 3.88. The second-order valence-corrected chi connectivity index (χ2v) is 5.42. The summed E-state index contributed by atoms with van der Waals surface area (Å²) in [7, 11) is 0. The van der Waals surface area contributed by atoms with Gasteiger partial charge in [-0.1, -0.05) is 18.2 Å². The van der Waals surface area contributed by atoms with E-state index in [-0.39, 0.29) is 5.82 Å². The molecule has 0 saturated heterocycles. The highest BCUT2D eigenvalue weighted by molar-refractivity contribution is 5.48. The minimum Gasteiger partial charge on any atom is -0.370 e. The maximum absolute atomic E-state index is 13.8. The number of aryl methyl sites for hydroxylation is 1. The van der Waals surface area contributed by atoms with Crippen LogP contribution >= 0.6 is 0 Å². The van der Waals surface area contributed by atoms with Crippen LogP contribution in [0.15, 0.2) is 24.3 Å². The van der Waals surface area contributed by atoms with Crippen LogP contribution in [-0.2, 0) is 19.3 Å². The van der Waals surface area contributed by atoms with E-state index in [9.17, 15) is 4.39 Å². The van der Waals surface area contributed by atoms with Crippen LogP contribution in [0.1, 0.15) is 42.4 Å². The van der Waals surface area contributed by atoms with E-state index in [0.29, 0.717) is 17.8 Å². The van der Waals surface area contributed by atoms with Gasteiger partial charge in [-0.05, 0) is 44.2 Å². The largest absolute Gasteiger partial charge is 0.370 e. The average molecular weight is 285 g/mol. The van der Waals surface area contributed by atoms with Gasteiger partial charge >= 0.3 is 0 Å². The van der Waals surface area contributed by atoms with Crippen LogP contribution in [0.3, 0.4) is 0 Å². The van der Waals surface area contributed by atoms with Crippen molar-refractivity contribution >= 4 is 5.82 Å². The first-order valence-electron chi connectivity index (χ1n) is 7.64. The Hall–Kier alpha value is -1.97. The number of hydrogen-bond donors (Lipinski definition) is 1. The molecule has 3 nitrogen and oxygen atoms in total. The number of rotatable bonds is 4. The van der Waals surface area contributed by atoms with Gasteiger partial charge in [-0.3, -0.25) is 0 Å². The normalized spacial score (nSPS) is 13.8. The molecule has 0 amide bonds. The van der Waals surface area contributed by atoms with E-state index >= 15 is 0 Å². The molecule has 0 saturated carbocycles. The van der Waals surface area contributed by atoms with Crippen molar-refractivity contribution in [3.05, 3.63) is 52.7 Å². The van der Waals surface area contributed by atoms with Gasteiger partial charge in [0.05, 0.1) is 0 Å². The summed E-state index contributed by atoms with van der Waals surface area (Å²) in [6.45, 7) is 2.90. The highest BCUT2D eigenvalue weighted by Gasteiger charge is 2.18. The molecule has 4 heteroatoms. The van der Waals surface area contributed by atoms with E-state index in [4.69, 9.17) is 0 Å². The van der Waals surface area contributed by atoms with Crippen LogP contribution in [0.2, 0.25) is 0 Å². The molecule has 0 atom stereocenters. The Labute approximate surface area is 124 Å². The molecule has 0 bridgehead atoms. The van der Waals surface area contributed by atoms with Crippen molar-refractivity contribution in [3.63, 3.8) is 0 Å². The molecular weight excluding hydrogens is 265 g/mol. The van der Waals surface area contributed by atoms with Gasteiger partial charge < -0.3 is 5.32 Å². The van der Waals surface area contributed by atoms with E-state index in [1.54, 1.807) is 12.1 Å². The first-order valence-corrected chi connectivity index (χ1v) is 7.64. The molecule has 2 aromatic rings. The SMILES string of the molecule is CCNc1nc(Cc2ccccc2F)nc2c1CCCC2. The fourth-order valence-corrected chi connectivity index (χ4v) is 2.85. The second kappa shape index (κ2) is 6.20. The van der Waals surface area contributed by atoms with E-state index < -0.39 is 0 Å². The topological polar surface area (TPSA) is 37.8 Å². The Morgan fingerprint density at radius 2 is 1.95 bits per heavy atom. The van der Waals surface area contributed by atoms with E-state index in [1.807, 2.05) is 6.07 Å². The van der Waals surface area contributed by atoms with Crippen LogP contribution in [0.25, 0.3) is 0 Å². The molecule has 3 rings (SSSR count). The van der Waals surface area contributed by atoms with Crippen molar-refractivity contribution in [2.75, 3.05) is 11.9 Å². The van der Waals surface area contributed by atoms with Crippen molar-refractivity contribution in [1.82, 2.24) is 9.97 Å². The third kappa shape index (κ3) is 3.04. The standard InChI is InChI=1S/C17H20FN3/c1-2-19-17-13-8-4-6-10-15(13)20-16(21-17)11-12-7-3-5-9-14(12)18/h3,5,7,9H,2,4,6,8,10-11H2,1H3,(H,19,20,21). The summed E-state index contributed by atoms with van der Waals surface area (Å²) in [5, 5.41) is 3.33. The van der Waals surface area contributed by atoms with Crippen LogP contribution in [0, 0.1) is 5.82 Å². The summed E-state index contributed by atoms with van der Waals surface area (Å²) in [5.41, 5.74) is 3.04. The molecule has 1 aliphatic rings. The number of hydrogen-bond acceptors (Lipinski definition) is 3. The molecule has 0 fully saturated rings. The summed E-state index contributed by atoms with van der Waals surface area (Å²) < 4.78 is 13.8. The van der Waals surface area contributed by atoms with E-state index in [1.165, 1.54) is 24.5 Å². The van der Waals surface area contributed by atoms with Gasteiger partial charge in [0.2, 0.25) is 0 Å². The fourth-order valence-electron chi connectivity index (χ4n) is 2.85. The number of benzene rings is 1. The lowest BCUT2D eigenvalue weighted by Crippen LogP contribution is -2.15. The molecule has 1 aromatic heterocycles. The maximum atomic E-state index is 13.8. The Morgan fingerprint density at radius 1 is 1.14 bits per heavy atom. The number of aromatic nitrogens is 2. The highest BCUT2D eigenvalue weighted by atomic mass is 19.1. The number of halogens is 1. The van der Waals surface area contributed by atoms with Crippen LogP contribution in [-0.4, -0.2) is 16.5 Å². The van der Waals surface area contributed by atoms with E-state index in [2.05, 4.69) is 22.2 Å². The van der Waals surface area contributed by atoms with Gasteiger partial charge in [-0.15, -0.1) is 0 Å². The van der Waals surface area contributed by atoms with Gasteiger partial charge in [-0.2, -0.15) is 0 Å². The Bertz CT molecular complexity index is 640. The van der Waals surface area contributed by atoms with Gasteiger partial charge in [0.15, 0.2) is 0 Å². The van der Waals surface area contributed by atoms with Crippen LogP contribution in [0.4, 0.5) is 10.2 Å². The number of nitrogens with one attached hydrogen (secondary N) is 1. The molecule has 1 heterocycles. The quantitative estimate of drug-likeness (QED) is 0.934. The fraction of sp³-hybridized carbons (Fsp3) is 0.412. The molecule has 0 spiro atoms. The molecule has 0 unspecified atom stereocenters. The molecule has 0 aliphatic heterocycles. The maximum Gasteiger partial charge on any atom is 0.135 e. The molecular formula is C17H20FN3. The molecule has 1 aromatic carbocycles. The monoisotopic (exact) mass is 285 g/mol. The first kappa shape index (κ1) is 14.0. The minimum atomic E-state index is -0.191. The lowest BCUT2D eigenvalue weighted by molar-refractivity contribution is 0.610. The third-order valence-electron chi connectivity index (χ3n) is 3.88. The number of fused-ring (bicyclic) bond motifs is 1. The predicted molar refractivity (Wildman–Crippen MR) is 82.0 cm³/mol. The van der Waals surface area contributed by atoms with Crippen LogP contribution < -0.4 is 5.32 Å². The molecule has 110 valence electrons. The summed E-state index contributed by atoms with van der Waals surface area (Å²) in [6, 6.07) is 6.84. The van der Waals surface area contributed by atoms with Gasteiger partial charge in [0.1, 0.15) is 17.5 Å². The number of nitrogens with zero attached hydrogens (tertiary/aromatic N) is 2. The van der Waals surface area contributed by atoms with Crippen molar-refractivity contribution < 1.29 is 4.39 Å². The Balaban J connectivity index is 1.95. The number of anilines is 1. The Kier molecular flexibility index (Phi) is 4.13. The predicted octanol–water partition coefficient (Wildman–Crippen LogP) is 3.52. The van der Waals surface area contributed by atoms with Crippen molar-refractivity contribution in [3.8, 4) is 0 Å². The molecule has 21 heavy (non-hydrogen) atoms.